The predicted octanol–water partition coefficient (Wildman–Crippen LogP) is 6.11. The minimum Gasteiger partial charge on any atom is -0.453 e. The van der Waals surface area contributed by atoms with Crippen molar-refractivity contribution in [1.29, 1.82) is 0 Å². The summed E-state index contributed by atoms with van der Waals surface area (Å²) in [5.74, 6) is 0.598. The van der Waals surface area contributed by atoms with Crippen LogP contribution in [0.4, 0.5) is 4.79 Å². The molecule has 10 heteroatoms. The smallest absolute Gasteiger partial charge is 0.407 e. The van der Waals surface area contributed by atoms with E-state index >= 15 is 0 Å². The predicted molar refractivity (Wildman–Crippen MR) is 167 cm³/mol. The van der Waals surface area contributed by atoms with Gasteiger partial charge in [0.1, 0.15) is 11.9 Å². The summed E-state index contributed by atoms with van der Waals surface area (Å²) in [4.78, 5) is 43.9. The molecule has 2 saturated heterocycles. The van der Waals surface area contributed by atoms with Crippen molar-refractivity contribution in [2.24, 2.45) is 5.92 Å². The fraction of sp³-hybridized carbons (Fsp3) is 0.412. The van der Waals surface area contributed by atoms with Crippen molar-refractivity contribution >= 4 is 12.0 Å². The van der Waals surface area contributed by atoms with Crippen LogP contribution in [0.2, 0.25) is 0 Å². The zero-order valence-corrected chi connectivity index (χ0v) is 25.6. The van der Waals surface area contributed by atoms with Crippen LogP contribution in [0.1, 0.15) is 58.3 Å². The zero-order valence-electron chi connectivity index (χ0n) is 25.6. The molecule has 4 aromatic rings. The molecule has 0 spiro atoms. The Hall–Kier alpha value is -4.44. The van der Waals surface area contributed by atoms with Gasteiger partial charge in [0.05, 0.1) is 55.5 Å². The topological polar surface area (TPSA) is 125 Å². The highest BCUT2D eigenvalue weighted by molar-refractivity contribution is 5.87. The lowest BCUT2D eigenvalue weighted by molar-refractivity contribution is -0.140. The fourth-order valence-electron chi connectivity index (χ4n) is 6.83. The molecule has 2 fully saturated rings. The van der Waals surface area contributed by atoms with E-state index < -0.39 is 12.1 Å². The molecule has 10 nitrogen and oxygen atoms in total. The third-order valence-electron chi connectivity index (χ3n) is 8.99. The van der Waals surface area contributed by atoms with Gasteiger partial charge >= 0.3 is 6.09 Å². The molecule has 2 aromatic heterocycles. The standard InChI is InChI=1S/C34H40N6O4/c1-20-5-14-30(40(20)33(41)31(39-34(42)43-4)27-15-21(2)44-22(3)16-27)32-36-18-29(38-32)26-12-8-24(9-13-26)23-6-10-25(11-7-23)28-17-35-19-37-28/h6-13,17-22,27,30-31H,5,14-16H2,1-4H3,(H,35,37)(H,36,38)(H,39,42)/t20-,21+,22+,30-,31-/m0/s1. The summed E-state index contributed by atoms with van der Waals surface area (Å²) < 4.78 is 10.8. The molecular weight excluding hydrogens is 556 g/mol. The molecule has 3 N–H and O–H groups in total. The molecule has 0 bridgehead atoms. The second-order valence-corrected chi connectivity index (χ2v) is 12.1. The van der Waals surface area contributed by atoms with Crippen molar-refractivity contribution in [2.45, 2.75) is 76.8 Å². The van der Waals surface area contributed by atoms with Gasteiger partial charge in [-0.05, 0) is 74.6 Å². The molecule has 0 unspecified atom stereocenters. The number of carbonyl (C=O) groups excluding carboxylic acids is 2. The third kappa shape index (κ3) is 6.12. The second-order valence-electron chi connectivity index (χ2n) is 12.1. The van der Waals surface area contributed by atoms with Crippen LogP contribution < -0.4 is 5.32 Å². The van der Waals surface area contributed by atoms with Crippen LogP contribution in [-0.2, 0) is 14.3 Å². The number of rotatable bonds is 7. The average Bonchev–Trinajstić information content (AvgIpc) is 3.81. The van der Waals surface area contributed by atoms with Crippen molar-refractivity contribution in [1.82, 2.24) is 30.2 Å². The number of imidazole rings is 2. The van der Waals surface area contributed by atoms with E-state index in [2.05, 4.69) is 75.7 Å². The van der Waals surface area contributed by atoms with Gasteiger partial charge < -0.3 is 29.7 Å². The highest BCUT2D eigenvalue weighted by Gasteiger charge is 2.44. The maximum Gasteiger partial charge on any atom is 0.407 e. The first-order chi connectivity index (χ1) is 21.3. The molecule has 230 valence electrons. The van der Waals surface area contributed by atoms with Crippen molar-refractivity contribution in [3.05, 3.63) is 73.1 Å². The summed E-state index contributed by atoms with van der Waals surface area (Å²) in [5, 5.41) is 2.86. The number of likely N-dealkylation sites (tertiary alicyclic amines) is 1. The van der Waals surface area contributed by atoms with Gasteiger partial charge in [0.25, 0.3) is 0 Å². The number of aromatic amines is 2. The van der Waals surface area contributed by atoms with Crippen LogP contribution in [0.3, 0.4) is 0 Å². The number of benzene rings is 2. The Morgan fingerprint density at radius 1 is 0.909 bits per heavy atom. The molecule has 2 aromatic carbocycles. The highest BCUT2D eigenvalue weighted by Crippen LogP contribution is 2.38. The summed E-state index contributed by atoms with van der Waals surface area (Å²) in [7, 11) is 1.32. The van der Waals surface area contributed by atoms with Crippen molar-refractivity contribution < 1.29 is 19.1 Å². The maximum absolute atomic E-state index is 14.2. The molecule has 4 heterocycles. The van der Waals surface area contributed by atoms with Crippen molar-refractivity contribution in [2.75, 3.05) is 7.11 Å². The normalized spacial score (nSPS) is 24.2. The number of hydrogen-bond acceptors (Lipinski definition) is 6. The monoisotopic (exact) mass is 596 g/mol. The first-order valence-electron chi connectivity index (χ1n) is 15.4. The number of H-pyrrole nitrogens is 2. The highest BCUT2D eigenvalue weighted by atomic mass is 16.5. The van der Waals surface area contributed by atoms with E-state index in [9.17, 15) is 9.59 Å². The van der Waals surface area contributed by atoms with E-state index in [-0.39, 0.29) is 36.1 Å². The molecule has 0 saturated carbocycles. The SMILES string of the molecule is COC(=O)N[C@H](C(=O)N1[C@@H](C)CC[C@H]1c1ncc(-c2ccc(-c3ccc(-c4cnc[nH]4)cc3)cc2)[nH]1)C1C[C@@H](C)O[C@H](C)C1. The number of amides is 2. The number of nitrogens with zero attached hydrogens (tertiary/aromatic N) is 3. The lowest BCUT2D eigenvalue weighted by atomic mass is 9.85. The summed E-state index contributed by atoms with van der Waals surface area (Å²) in [6.07, 6.45) is 7.76. The van der Waals surface area contributed by atoms with Crippen molar-refractivity contribution in [3.8, 4) is 33.6 Å². The van der Waals surface area contributed by atoms with Crippen LogP contribution >= 0.6 is 0 Å². The van der Waals surface area contributed by atoms with Gasteiger partial charge in [-0.3, -0.25) is 4.79 Å². The third-order valence-corrected chi connectivity index (χ3v) is 8.99. The summed E-state index contributed by atoms with van der Waals surface area (Å²) >= 11 is 0. The number of alkyl carbamates (subject to hydrolysis) is 1. The van der Waals surface area contributed by atoms with Gasteiger partial charge in [0.2, 0.25) is 5.91 Å². The first-order valence-corrected chi connectivity index (χ1v) is 15.4. The number of carbonyl (C=O) groups is 2. The molecule has 6 rings (SSSR count). The van der Waals surface area contributed by atoms with E-state index in [0.717, 1.165) is 52.3 Å². The minimum absolute atomic E-state index is 0.00524. The van der Waals surface area contributed by atoms with Gasteiger partial charge in [0, 0.05) is 6.04 Å². The Labute approximate surface area is 257 Å². The molecule has 0 aliphatic carbocycles. The molecule has 2 aliphatic rings. The summed E-state index contributed by atoms with van der Waals surface area (Å²) in [6, 6.07) is 15.9. The van der Waals surface area contributed by atoms with Gasteiger partial charge in [-0.15, -0.1) is 0 Å². The largest absolute Gasteiger partial charge is 0.453 e. The van der Waals surface area contributed by atoms with Gasteiger partial charge in [0.15, 0.2) is 0 Å². The Morgan fingerprint density at radius 3 is 2.11 bits per heavy atom. The molecular formula is C34H40N6O4. The number of nitrogens with one attached hydrogen (secondary N) is 3. The number of aromatic nitrogens is 4. The minimum atomic E-state index is -0.699. The van der Waals surface area contributed by atoms with E-state index in [0.29, 0.717) is 12.8 Å². The molecule has 2 aliphatic heterocycles. The number of hydrogen-bond donors (Lipinski definition) is 3. The van der Waals surface area contributed by atoms with Gasteiger partial charge in [-0.25, -0.2) is 14.8 Å². The van der Waals surface area contributed by atoms with Crippen LogP contribution in [0.15, 0.2) is 67.3 Å². The Morgan fingerprint density at radius 2 is 1.52 bits per heavy atom. The lowest BCUT2D eigenvalue weighted by Crippen LogP contribution is -2.55. The van der Waals surface area contributed by atoms with E-state index in [1.54, 1.807) is 6.33 Å². The zero-order chi connectivity index (χ0) is 30.8. The van der Waals surface area contributed by atoms with Crippen LogP contribution in [0.5, 0.6) is 0 Å². The molecule has 0 radical (unpaired) electrons. The average molecular weight is 597 g/mol. The molecule has 44 heavy (non-hydrogen) atoms. The van der Waals surface area contributed by atoms with Crippen LogP contribution in [-0.4, -0.2) is 68.2 Å². The van der Waals surface area contributed by atoms with Gasteiger partial charge in [-0.2, -0.15) is 0 Å². The van der Waals surface area contributed by atoms with E-state index in [4.69, 9.17) is 14.5 Å². The Balaban J connectivity index is 1.19. The second kappa shape index (κ2) is 12.7. The molecule has 2 amide bonds. The van der Waals surface area contributed by atoms with Crippen LogP contribution in [0, 0.1) is 5.92 Å². The quantitative estimate of drug-likeness (QED) is 0.236. The Bertz CT molecular complexity index is 1560. The fourth-order valence-corrected chi connectivity index (χ4v) is 6.83. The summed E-state index contributed by atoms with van der Waals surface area (Å²) in [5.41, 5.74) is 6.23. The van der Waals surface area contributed by atoms with E-state index in [1.807, 2.05) is 31.1 Å². The van der Waals surface area contributed by atoms with E-state index in [1.165, 1.54) is 7.11 Å². The summed E-state index contributed by atoms with van der Waals surface area (Å²) in [6.45, 7) is 6.09. The number of methoxy groups -OCH3 is 1. The Kier molecular flexibility index (Phi) is 8.52. The lowest BCUT2D eigenvalue weighted by Gasteiger charge is -2.39. The number of ether oxygens (including phenoxy) is 2. The maximum atomic E-state index is 14.2. The van der Waals surface area contributed by atoms with Crippen LogP contribution in [0.25, 0.3) is 33.6 Å². The van der Waals surface area contributed by atoms with Crippen molar-refractivity contribution in [3.63, 3.8) is 0 Å². The van der Waals surface area contributed by atoms with Gasteiger partial charge in [-0.1, -0.05) is 48.5 Å². The first kappa shape index (κ1) is 29.6. The molecule has 5 atom stereocenters.